The molecular weight excluding hydrogens is 500 g/mol. The van der Waals surface area contributed by atoms with Gasteiger partial charge in [-0.05, 0) is 77.0 Å². The number of pyridine rings is 1. The second-order valence-electron chi connectivity index (χ2n) is 10.0. The van der Waals surface area contributed by atoms with Crippen LogP contribution in [-0.4, -0.2) is 30.1 Å². The highest BCUT2D eigenvalue weighted by Crippen LogP contribution is 2.35. The van der Waals surface area contributed by atoms with Gasteiger partial charge >= 0.3 is 0 Å². The SMILES string of the molecule is Cc1ccc2cc([C@@H](c3nnnn3C3CCCC3)N(Cc3ccco3)Cc3ccccc3Cl)c(=O)[nH]c2c1. The van der Waals surface area contributed by atoms with E-state index in [4.69, 9.17) is 16.0 Å². The van der Waals surface area contributed by atoms with Crippen LogP contribution in [0.5, 0.6) is 0 Å². The van der Waals surface area contributed by atoms with E-state index < -0.39 is 6.04 Å². The van der Waals surface area contributed by atoms with E-state index in [1.807, 2.05) is 72.3 Å². The third-order valence-electron chi connectivity index (χ3n) is 7.39. The van der Waals surface area contributed by atoms with Crippen LogP contribution in [0.4, 0.5) is 0 Å². The number of halogens is 1. The molecule has 0 saturated heterocycles. The number of rotatable bonds is 8. The van der Waals surface area contributed by atoms with Gasteiger partial charge in [-0.1, -0.05) is 54.8 Å². The monoisotopic (exact) mass is 528 g/mol. The molecule has 8 nitrogen and oxygen atoms in total. The van der Waals surface area contributed by atoms with Gasteiger partial charge in [-0.15, -0.1) is 5.10 Å². The van der Waals surface area contributed by atoms with Crippen molar-refractivity contribution >= 4 is 22.5 Å². The maximum Gasteiger partial charge on any atom is 0.253 e. The van der Waals surface area contributed by atoms with E-state index in [9.17, 15) is 4.79 Å². The van der Waals surface area contributed by atoms with Gasteiger partial charge in [-0.3, -0.25) is 9.69 Å². The lowest BCUT2D eigenvalue weighted by Crippen LogP contribution is -2.35. The van der Waals surface area contributed by atoms with Crippen molar-refractivity contribution < 1.29 is 4.42 Å². The largest absolute Gasteiger partial charge is 0.468 e. The molecule has 1 fully saturated rings. The molecule has 3 heterocycles. The summed E-state index contributed by atoms with van der Waals surface area (Å²) in [7, 11) is 0. The van der Waals surface area contributed by atoms with E-state index in [1.165, 1.54) is 0 Å². The summed E-state index contributed by atoms with van der Waals surface area (Å²) in [5.41, 5.74) is 3.24. The third kappa shape index (κ3) is 4.89. The number of hydrogen-bond acceptors (Lipinski definition) is 6. The summed E-state index contributed by atoms with van der Waals surface area (Å²) in [6, 6.07) is 19.3. The van der Waals surface area contributed by atoms with E-state index in [1.54, 1.807) is 6.26 Å². The smallest absolute Gasteiger partial charge is 0.253 e. The average molecular weight is 529 g/mol. The zero-order valence-electron chi connectivity index (χ0n) is 21.2. The van der Waals surface area contributed by atoms with Gasteiger partial charge in [0.05, 0.1) is 18.8 Å². The van der Waals surface area contributed by atoms with Crippen molar-refractivity contribution in [2.75, 3.05) is 0 Å². The molecule has 1 aliphatic carbocycles. The Morgan fingerprint density at radius 3 is 2.74 bits per heavy atom. The number of tetrazole rings is 1. The number of aromatic amines is 1. The van der Waals surface area contributed by atoms with Crippen molar-refractivity contribution in [1.29, 1.82) is 0 Å². The third-order valence-corrected chi connectivity index (χ3v) is 7.76. The molecule has 0 unspecified atom stereocenters. The van der Waals surface area contributed by atoms with Gasteiger partial charge in [0.25, 0.3) is 5.56 Å². The van der Waals surface area contributed by atoms with E-state index >= 15 is 0 Å². The van der Waals surface area contributed by atoms with Crippen LogP contribution in [-0.2, 0) is 13.1 Å². The van der Waals surface area contributed by atoms with Crippen LogP contribution in [0.3, 0.4) is 0 Å². The molecule has 1 saturated carbocycles. The van der Waals surface area contributed by atoms with Crippen LogP contribution in [0, 0.1) is 6.92 Å². The van der Waals surface area contributed by atoms with Crippen molar-refractivity contribution in [3.63, 3.8) is 0 Å². The molecule has 0 aliphatic heterocycles. The van der Waals surface area contributed by atoms with Gasteiger partial charge in [-0.25, -0.2) is 4.68 Å². The molecule has 194 valence electrons. The van der Waals surface area contributed by atoms with E-state index in [0.717, 1.165) is 53.5 Å². The van der Waals surface area contributed by atoms with Crippen LogP contribution < -0.4 is 5.56 Å². The molecule has 1 N–H and O–H groups in total. The molecule has 3 aromatic heterocycles. The van der Waals surface area contributed by atoms with Crippen LogP contribution in [0.25, 0.3) is 10.9 Å². The van der Waals surface area contributed by atoms with Crippen molar-refractivity contribution in [3.05, 3.63) is 111 Å². The highest BCUT2D eigenvalue weighted by atomic mass is 35.5. The van der Waals surface area contributed by atoms with Crippen LogP contribution in [0.2, 0.25) is 5.02 Å². The van der Waals surface area contributed by atoms with Gasteiger partial charge in [0, 0.05) is 22.6 Å². The number of nitrogens with zero attached hydrogens (tertiary/aromatic N) is 5. The van der Waals surface area contributed by atoms with Gasteiger partial charge in [0.15, 0.2) is 5.82 Å². The number of hydrogen-bond donors (Lipinski definition) is 1. The van der Waals surface area contributed by atoms with Crippen molar-refractivity contribution in [3.8, 4) is 0 Å². The van der Waals surface area contributed by atoms with Gasteiger partial charge in [0.1, 0.15) is 11.8 Å². The number of benzene rings is 2. The lowest BCUT2D eigenvalue weighted by atomic mass is 10.0. The number of aryl methyl sites for hydroxylation is 1. The summed E-state index contributed by atoms with van der Waals surface area (Å²) >= 11 is 6.62. The molecule has 0 spiro atoms. The zero-order valence-corrected chi connectivity index (χ0v) is 21.9. The van der Waals surface area contributed by atoms with Gasteiger partial charge in [-0.2, -0.15) is 0 Å². The second-order valence-corrected chi connectivity index (χ2v) is 10.4. The minimum Gasteiger partial charge on any atom is -0.468 e. The fourth-order valence-electron chi connectivity index (χ4n) is 5.51. The highest BCUT2D eigenvalue weighted by molar-refractivity contribution is 6.31. The summed E-state index contributed by atoms with van der Waals surface area (Å²) < 4.78 is 7.69. The predicted molar refractivity (Wildman–Crippen MR) is 146 cm³/mol. The minimum absolute atomic E-state index is 0.169. The zero-order chi connectivity index (χ0) is 26.1. The first-order valence-electron chi connectivity index (χ1n) is 13.0. The van der Waals surface area contributed by atoms with E-state index in [2.05, 4.69) is 25.4 Å². The Hall–Kier alpha value is -3.75. The van der Waals surface area contributed by atoms with Crippen LogP contribution >= 0.6 is 11.6 Å². The van der Waals surface area contributed by atoms with Crippen molar-refractivity contribution in [2.24, 2.45) is 0 Å². The maximum atomic E-state index is 13.7. The molecule has 0 radical (unpaired) electrons. The second kappa shape index (κ2) is 10.6. The fraction of sp³-hybridized carbons (Fsp3) is 0.310. The summed E-state index contributed by atoms with van der Waals surface area (Å²) in [4.78, 5) is 19.0. The van der Waals surface area contributed by atoms with Gasteiger partial charge in [0.2, 0.25) is 0 Å². The number of furan rings is 1. The summed E-state index contributed by atoms with van der Waals surface area (Å²) in [5, 5.41) is 14.7. The molecule has 38 heavy (non-hydrogen) atoms. The molecule has 1 aliphatic rings. The summed E-state index contributed by atoms with van der Waals surface area (Å²) in [6.45, 7) is 2.92. The lowest BCUT2D eigenvalue weighted by molar-refractivity contribution is 0.176. The Labute approximate surface area is 225 Å². The maximum absolute atomic E-state index is 13.7. The van der Waals surface area contributed by atoms with Crippen molar-refractivity contribution in [1.82, 2.24) is 30.1 Å². The molecule has 2 aromatic carbocycles. The molecule has 1 atom stereocenters. The Kier molecular flexibility index (Phi) is 6.82. The molecular formula is C29H29ClN6O2. The quantitative estimate of drug-likeness (QED) is 0.266. The van der Waals surface area contributed by atoms with E-state index in [0.29, 0.717) is 29.5 Å². The molecule has 9 heteroatoms. The Morgan fingerprint density at radius 1 is 1.11 bits per heavy atom. The van der Waals surface area contributed by atoms with Crippen molar-refractivity contribution in [2.45, 2.75) is 57.8 Å². The van der Waals surface area contributed by atoms with Crippen LogP contribution in [0.15, 0.2) is 76.1 Å². The fourth-order valence-corrected chi connectivity index (χ4v) is 5.71. The number of aromatic nitrogens is 5. The molecule has 5 aromatic rings. The summed E-state index contributed by atoms with van der Waals surface area (Å²) in [6.07, 6.45) is 5.97. The van der Waals surface area contributed by atoms with E-state index in [-0.39, 0.29) is 11.6 Å². The Balaban J connectivity index is 1.54. The number of nitrogens with one attached hydrogen (secondary N) is 1. The topological polar surface area (TPSA) is 92.8 Å². The first-order valence-corrected chi connectivity index (χ1v) is 13.4. The first-order chi connectivity index (χ1) is 18.6. The summed E-state index contributed by atoms with van der Waals surface area (Å²) in [5.74, 6) is 1.42. The predicted octanol–water partition coefficient (Wildman–Crippen LogP) is 5.98. The molecule has 6 rings (SSSR count). The highest BCUT2D eigenvalue weighted by Gasteiger charge is 2.34. The molecule has 0 amide bonds. The van der Waals surface area contributed by atoms with Gasteiger partial charge < -0.3 is 9.40 Å². The molecule has 0 bridgehead atoms. The number of fused-ring (bicyclic) bond motifs is 1. The normalized spacial score (nSPS) is 15.0. The minimum atomic E-state index is -0.540. The Morgan fingerprint density at radius 2 is 1.95 bits per heavy atom. The van der Waals surface area contributed by atoms with Crippen LogP contribution in [0.1, 0.15) is 66.0 Å². The standard InChI is InChI=1S/C29H29ClN6O2/c1-19-12-13-20-16-24(29(37)31-26(20)15-19)27(28-32-33-34-36(28)22-8-3-4-9-22)35(18-23-10-6-14-38-23)17-21-7-2-5-11-25(21)30/h2,5-7,10-16,22,27H,3-4,8-9,17-18H2,1H3,(H,31,37)/t27-/m0/s1. The Bertz CT molecular complexity index is 1600. The first kappa shape index (κ1) is 24.6. The number of H-pyrrole nitrogens is 1. The lowest BCUT2D eigenvalue weighted by Gasteiger charge is -2.31. The average Bonchev–Trinajstić information content (AvgIpc) is 3.69.